The molecule has 2 aromatic carbocycles. The summed E-state index contributed by atoms with van der Waals surface area (Å²) in [6.45, 7) is 1.01. The van der Waals surface area contributed by atoms with Crippen molar-refractivity contribution in [3.63, 3.8) is 0 Å². The summed E-state index contributed by atoms with van der Waals surface area (Å²) in [5.74, 6) is 2.80. The summed E-state index contributed by atoms with van der Waals surface area (Å²) in [4.78, 5) is 7.50. The topological polar surface area (TPSA) is 124 Å². The first-order valence-electron chi connectivity index (χ1n) is 9.86. The summed E-state index contributed by atoms with van der Waals surface area (Å²) in [5, 5.41) is 20.9. The number of hydrogen-bond acceptors (Lipinski definition) is 7. The molecular formula is C22H18Cl2F2N4O4S. The summed E-state index contributed by atoms with van der Waals surface area (Å²) in [5.41, 5.74) is -0.972. The Morgan fingerprint density at radius 1 is 1.11 bits per heavy atom. The lowest BCUT2D eigenvalue weighted by atomic mass is 10.1. The highest BCUT2D eigenvalue weighted by Gasteiger charge is 2.24. The van der Waals surface area contributed by atoms with Crippen LogP contribution in [0, 0.1) is 23.5 Å². The van der Waals surface area contributed by atoms with Crippen molar-refractivity contribution in [2.45, 2.75) is 24.5 Å². The third-order valence-corrected chi connectivity index (χ3v) is 6.67. The van der Waals surface area contributed by atoms with Crippen molar-refractivity contribution in [1.82, 2.24) is 9.97 Å². The number of aliphatic hydroxyl groups is 2. The van der Waals surface area contributed by atoms with Crippen LogP contribution in [0.4, 0.5) is 20.4 Å². The Morgan fingerprint density at radius 3 is 2.43 bits per heavy atom. The summed E-state index contributed by atoms with van der Waals surface area (Å²) in [6, 6.07) is 3.79. The van der Waals surface area contributed by atoms with Gasteiger partial charge in [-0.3, -0.25) is 4.72 Å². The molecule has 0 saturated heterocycles. The molecule has 0 aliphatic rings. The first kappa shape index (κ1) is 26.6. The van der Waals surface area contributed by atoms with Crippen molar-refractivity contribution in [2.24, 2.45) is 0 Å². The first-order valence-corrected chi connectivity index (χ1v) is 12.1. The Hall–Kier alpha value is -3.01. The Balaban J connectivity index is 1.91. The van der Waals surface area contributed by atoms with Gasteiger partial charge in [0.25, 0.3) is 10.0 Å². The Bertz CT molecular complexity index is 1410. The standard InChI is InChI=1S/C22H18Cl2F2N4O4S/c1-12(10-31)29-22-27-8-13(9-28-22)2-3-16-17(25)4-5-18(21(16)26)30-35(33,34)19-7-15(23)6-14(11-32)20(19)24/h4-9,12,30-32H,10-11H2,1H3,(H,27,28,29)/t12-/m0/s1. The molecule has 13 heteroatoms. The maximum atomic E-state index is 15.0. The molecule has 0 aliphatic heterocycles. The van der Waals surface area contributed by atoms with Crippen LogP contribution in [0.1, 0.15) is 23.6 Å². The summed E-state index contributed by atoms with van der Waals surface area (Å²) >= 11 is 11.9. The SMILES string of the molecule is C[C@@H](CO)Nc1ncc(C#Cc2c(F)ccc(NS(=O)(=O)c3cc(Cl)cc(CO)c3Cl)c2F)cn1. The van der Waals surface area contributed by atoms with Crippen LogP contribution in [0.2, 0.25) is 10.0 Å². The highest BCUT2D eigenvalue weighted by molar-refractivity contribution is 7.92. The monoisotopic (exact) mass is 542 g/mol. The second-order valence-electron chi connectivity index (χ2n) is 7.20. The molecule has 0 fully saturated rings. The van der Waals surface area contributed by atoms with Gasteiger partial charge in [0.15, 0.2) is 5.82 Å². The number of benzene rings is 2. The van der Waals surface area contributed by atoms with Gasteiger partial charge in [-0.2, -0.15) is 0 Å². The lowest BCUT2D eigenvalue weighted by Gasteiger charge is -2.13. The minimum atomic E-state index is -4.47. The third kappa shape index (κ3) is 6.36. The van der Waals surface area contributed by atoms with Gasteiger partial charge in [0.1, 0.15) is 10.7 Å². The van der Waals surface area contributed by atoms with E-state index in [0.717, 1.165) is 18.2 Å². The van der Waals surface area contributed by atoms with Gasteiger partial charge in [0, 0.05) is 23.5 Å². The number of nitrogens with zero attached hydrogens (tertiary/aromatic N) is 2. The fourth-order valence-electron chi connectivity index (χ4n) is 2.74. The molecule has 3 rings (SSSR count). The molecule has 3 aromatic rings. The number of anilines is 2. The maximum absolute atomic E-state index is 15.0. The normalized spacial score (nSPS) is 12.0. The van der Waals surface area contributed by atoms with Crippen LogP contribution in [0.15, 0.2) is 41.6 Å². The van der Waals surface area contributed by atoms with Crippen LogP contribution in [-0.2, 0) is 16.6 Å². The summed E-state index contributed by atoms with van der Waals surface area (Å²) < 4.78 is 57.0. The lowest BCUT2D eigenvalue weighted by molar-refractivity contribution is 0.281. The zero-order valence-corrected chi connectivity index (χ0v) is 20.3. The molecule has 8 nitrogen and oxygen atoms in total. The van der Waals surface area contributed by atoms with Crippen LogP contribution in [0.3, 0.4) is 0 Å². The molecule has 0 bridgehead atoms. The van der Waals surface area contributed by atoms with E-state index < -0.39 is 44.4 Å². The summed E-state index contributed by atoms with van der Waals surface area (Å²) in [6.07, 6.45) is 2.63. The molecule has 0 aliphatic carbocycles. The van der Waals surface area contributed by atoms with Crippen LogP contribution in [-0.4, -0.2) is 41.2 Å². The first-order chi connectivity index (χ1) is 16.6. The average Bonchev–Trinajstić information content (AvgIpc) is 2.82. The fraction of sp³-hybridized carbons (Fsp3) is 0.182. The quantitative estimate of drug-likeness (QED) is 0.336. The van der Waals surface area contributed by atoms with Gasteiger partial charge >= 0.3 is 0 Å². The minimum Gasteiger partial charge on any atom is -0.394 e. The number of hydrogen-bond donors (Lipinski definition) is 4. The van der Waals surface area contributed by atoms with E-state index in [2.05, 4.69) is 27.1 Å². The third-order valence-electron chi connectivity index (χ3n) is 4.51. The largest absolute Gasteiger partial charge is 0.394 e. The van der Waals surface area contributed by atoms with Crippen molar-refractivity contribution in [3.05, 3.63) is 75.0 Å². The molecule has 0 radical (unpaired) electrons. The van der Waals surface area contributed by atoms with Crippen molar-refractivity contribution in [1.29, 1.82) is 0 Å². The van der Waals surface area contributed by atoms with Crippen molar-refractivity contribution < 1.29 is 27.4 Å². The lowest BCUT2D eigenvalue weighted by Crippen LogP contribution is -2.20. The predicted molar refractivity (Wildman–Crippen MR) is 128 cm³/mol. The van der Waals surface area contributed by atoms with E-state index in [9.17, 15) is 17.9 Å². The second kappa shape index (κ2) is 11.2. The molecule has 35 heavy (non-hydrogen) atoms. The number of aromatic nitrogens is 2. The Morgan fingerprint density at radius 2 is 1.80 bits per heavy atom. The Kier molecular flexibility index (Phi) is 8.47. The predicted octanol–water partition coefficient (Wildman–Crippen LogP) is 3.55. The fourth-order valence-corrected chi connectivity index (χ4v) is 4.73. The van der Waals surface area contributed by atoms with E-state index in [1.54, 1.807) is 6.92 Å². The van der Waals surface area contributed by atoms with E-state index in [1.165, 1.54) is 18.5 Å². The molecule has 0 amide bonds. The maximum Gasteiger partial charge on any atom is 0.263 e. The van der Waals surface area contributed by atoms with Gasteiger partial charge in [-0.25, -0.2) is 27.2 Å². The zero-order chi connectivity index (χ0) is 25.8. The van der Waals surface area contributed by atoms with Gasteiger partial charge in [-0.15, -0.1) is 0 Å². The number of halogens is 4. The van der Waals surface area contributed by atoms with E-state index >= 15 is 4.39 Å². The van der Waals surface area contributed by atoms with Crippen LogP contribution < -0.4 is 10.0 Å². The molecule has 0 unspecified atom stereocenters. The molecule has 1 aromatic heterocycles. The molecular weight excluding hydrogens is 525 g/mol. The van der Waals surface area contributed by atoms with Crippen molar-refractivity contribution >= 4 is 44.9 Å². The second-order valence-corrected chi connectivity index (χ2v) is 9.66. The number of nitrogens with one attached hydrogen (secondary N) is 2. The van der Waals surface area contributed by atoms with Gasteiger partial charge < -0.3 is 15.5 Å². The van der Waals surface area contributed by atoms with E-state index in [4.69, 9.17) is 28.3 Å². The summed E-state index contributed by atoms with van der Waals surface area (Å²) in [7, 11) is -4.47. The molecule has 0 spiro atoms. The van der Waals surface area contributed by atoms with Crippen molar-refractivity contribution in [2.75, 3.05) is 16.6 Å². The van der Waals surface area contributed by atoms with Gasteiger partial charge in [-0.1, -0.05) is 35.0 Å². The number of aliphatic hydroxyl groups excluding tert-OH is 2. The van der Waals surface area contributed by atoms with E-state index in [0.29, 0.717) is 0 Å². The highest BCUT2D eigenvalue weighted by atomic mass is 35.5. The van der Waals surface area contributed by atoms with Crippen molar-refractivity contribution in [3.8, 4) is 11.8 Å². The molecule has 184 valence electrons. The van der Waals surface area contributed by atoms with E-state index in [1.807, 2.05) is 4.72 Å². The zero-order valence-electron chi connectivity index (χ0n) is 18.0. The molecule has 1 atom stereocenters. The molecule has 1 heterocycles. The van der Waals surface area contributed by atoms with E-state index in [-0.39, 0.29) is 39.8 Å². The van der Waals surface area contributed by atoms with Crippen LogP contribution >= 0.6 is 23.2 Å². The Labute approximate surface area is 210 Å². The number of sulfonamides is 1. The van der Waals surface area contributed by atoms with Gasteiger partial charge in [0.05, 0.1) is 35.1 Å². The van der Waals surface area contributed by atoms with Gasteiger partial charge in [0.2, 0.25) is 5.95 Å². The smallest absolute Gasteiger partial charge is 0.263 e. The molecule has 4 N–H and O–H groups in total. The number of rotatable bonds is 7. The van der Waals surface area contributed by atoms with Crippen LogP contribution in [0.25, 0.3) is 0 Å². The highest BCUT2D eigenvalue weighted by Crippen LogP contribution is 2.32. The minimum absolute atomic E-state index is 0.0146. The van der Waals surface area contributed by atoms with Gasteiger partial charge in [-0.05, 0) is 36.8 Å². The average molecular weight is 543 g/mol. The van der Waals surface area contributed by atoms with Crippen LogP contribution in [0.5, 0.6) is 0 Å². The molecule has 0 saturated carbocycles.